The summed E-state index contributed by atoms with van der Waals surface area (Å²) in [6, 6.07) is 4.33. The van der Waals surface area contributed by atoms with Gasteiger partial charge in [0.2, 0.25) is 0 Å². The van der Waals surface area contributed by atoms with Crippen LogP contribution in [0.25, 0.3) is 11.1 Å². The van der Waals surface area contributed by atoms with Gasteiger partial charge in [-0.3, -0.25) is 4.79 Å². The van der Waals surface area contributed by atoms with Crippen LogP contribution in [0.4, 0.5) is 4.39 Å². The van der Waals surface area contributed by atoms with Crippen molar-refractivity contribution in [1.82, 2.24) is 4.37 Å². The van der Waals surface area contributed by atoms with Crippen LogP contribution in [-0.2, 0) is 6.42 Å². The number of hydrogen-bond donors (Lipinski definition) is 0. The molecule has 0 unspecified atom stereocenters. The summed E-state index contributed by atoms with van der Waals surface area (Å²) in [5.41, 5.74) is 2.92. The quantitative estimate of drug-likeness (QED) is 0.764. The number of hydrogen-bond acceptors (Lipinski definition) is 3. The second kappa shape index (κ2) is 4.53. The summed E-state index contributed by atoms with van der Waals surface area (Å²) in [5.74, 6) is -0.396. The van der Waals surface area contributed by atoms with Crippen LogP contribution in [0.15, 0.2) is 23.6 Å². The van der Waals surface area contributed by atoms with E-state index in [0.717, 1.165) is 17.7 Å². The van der Waals surface area contributed by atoms with Crippen LogP contribution >= 0.6 is 11.5 Å². The number of aldehydes is 1. The molecule has 0 aliphatic carbocycles. The van der Waals surface area contributed by atoms with E-state index in [1.807, 2.05) is 12.3 Å². The highest BCUT2D eigenvalue weighted by atomic mass is 32.1. The molecule has 0 aliphatic heterocycles. The largest absolute Gasteiger partial charge is 0.298 e. The van der Waals surface area contributed by atoms with Crippen molar-refractivity contribution in [1.29, 1.82) is 0 Å². The molecule has 2 aromatic rings. The zero-order valence-corrected chi connectivity index (χ0v) is 9.55. The Labute approximate surface area is 96.9 Å². The van der Waals surface area contributed by atoms with Crippen molar-refractivity contribution in [2.45, 2.75) is 13.3 Å². The van der Waals surface area contributed by atoms with Crippen molar-refractivity contribution >= 4 is 17.8 Å². The summed E-state index contributed by atoms with van der Waals surface area (Å²) in [5, 5.41) is 1.88. The lowest BCUT2D eigenvalue weighted by atomic mass is 10.0. The molecule has 0 fully saturated rings. The standard InChI is InChI=1S/C12H10FNOS/c1-2-12-11(7-16-14-12)9-3-8(6-15)4-10(13)5-9/h3-7H,2H2,1H3. The number of halogens is 1. The normalized spacial score (nSPS) is 10.4. The lowest BCUT2D eigenvalue weighted by molar-refractivity contribution is 0.112. The second-order valence-electron chi connectivity index (χ2n) is 3.42. The number of benzene rings is 1. The molecule has 0 aliphatic rings. The Morgan fingerprint density at radius 3 is 2.94 bits per heavy atom. The molecule has 1 heterocycles. The third kappa shape index (κ3) is 2.02. The summed E-state index contributed by atoms with van der Waals surface area (Å²) in [6.07, 6.45) is 1.45. The van der Waals surface area contributed by atoms with E-state index in [1.165, 1.54) is 23.7 Å². The Kier molecular flexibility index (Phi) is 3.10. The second-order valence-corrected chi connectivity index (χ2v) is 4.05. The van der Waals surface area contributed by atoms with Gasteiger partial charge in [-0.25, -0.2) is 4.39 Å². The molecule has 16 heavy (non-hydrogen) atoms. The first-order valence-electron chi connectivity index (χ1n) is 4.94. The summed E-state index contributed by atoms with van der Waals surface area (Å²) >= 11 is 1.34. The third-order valence-electron chi connectivity index (χ3n) is 2.35. The monoisotopic (exact) mass is 235 g/mol. The van der Waals surface area contributed by atoms with Crippen LogP contribution in [0.5, 0.6) is 0 Å². The minimum absolute atomic E-state index is 0.350. The number of rotatable bonds is 3. The van der Waals surface area contributed by atoms with Crippen LogP contribution in [-0.4, -0.2) is 10.7 Å². The van der Waals surface area contributed by atoms with Crippen LogP contribution in [0.3, 0.4) is 0 Å². The number of nitrogens with zero attached hydrogens (tertiary/aromatic N) is 1. The fraction of sp³-hybridized carbons (Fsp3) is 0.167. The molecule has 0 amide bonds. The summed E-state index contributed by atoms with van der Waals surface area (Å²) in [4.78, 5) is 10.7. The van der Waals surface area contributed by atoms with E-state index in [9.17, 15) is 9.18 Å². The van der Waals surface area contributed by atoms with Crippen LogP contribution < -0.4 is 0 Å². The molecule has 0 saturated carbocycles. The lowest BCUT2D eigenvalue weighted by Crippen LogP contribution is -1.89. The first-order valence-corrected chi connectivity index (χ1v) is 5.77. The highest BCUT2D eigenvalue weighted by Gasteiger charge is 2.08. The van der Waals surface area contributed by atoms with E-state index < -0.39 is 5.82 Å². The molecule has 2 nitrogen and oxygen atoms in total. The predicted molar refractivity (Wildman–Crippen MR) is 62.3 cm³/mol. The van der Waals surface area contributed by atoms with Crippen LogP contribution in [0.2, 0.25) is 0 Å². The van der Waals surface area contributed by atoms with Crippen LogP contribution in [0, 0.1) is 5.82 Å². The number of carbonyl (C=O) groups is 1. The number of aromatic nitrogens is 1. The molecule has 0 atom stereocenters. The van der Waals surface area contributed by atoms with Gasteiger partial charge in [0.15, 0.2) is 0 Å². The molecule has 1 aromatic heterocycles. The summed E-state index contributed by atoms with van der Waals surface area (Å²) in [6.45, 7) is 2.00. The molecule has 2 rings (SSSR count). The van der Waals surface area contributed by atoms with Gasteiger partial charge >= 0.3 is 0 Å². The van der Waals surface area contributed by atoms with Gasteiger partial charge in [0.05, 0.1) is 5.69 Å². The maximum absolute atomic E-state index is 13.3. The van der Waals surface area contributed by atoms with Gasteiger partial charge in [0.1, 0.15) is 12.1 Å². The fourth-order valence-electron chi connectivity index (χ4n) is 1.59. The number of aryl methyl sites for hydroxylation is 1. The number of carbonyl (C=O) groups excluding carboxylic acids is 1. The molecule has 4 heteroatoms. The third-order valence-corrected chi connectivity index (χ3v) is 3.01. The van der Waals surface area contributed by atoms with E-state index in [-0.39, 0.29) is 0 Å². The van der Waals surface area contributed by atoms with Gasteiger partial charge in [-0.05, 0) is 41.7 Å². The Hall–Kier alpha value is -1.55. The first kappa shape index (κ1) is 11.0. The smallest absolute Gasteiger partial charge is 0.150 e. The van der Waals surface area contributed by atoms with Crippen molar-refractivity contribution in [2.24, 2.45) is 0 Å². The summed E-state index contributed by atoms with van der Waals surface area (Å²) in [7, 11) is 0. The van der Waals surface area contributed by atoms with Crippen molar-refractivity contribution < 1.29 is 9.18 Å². The van der Waals surface area contributed by atoms with E-state index >= 15 is 0 Å². The fourth-order valence-corrected chi connectivity index (χ4v) is 2.37. The Bertz CT molecular complexity index is 521. The van der Waals surface area contributed by atoms with E-state index in [4.69, 9.17) is 0 Å². The van der Waals surface area contributed by atoms with Crippen LogP contribution in [0.1, 0.15) is 23.0 Å². The maximum Gasteiger partial charge on any atom is 0.150 e. The first-order chi connectivity index (χ1) is 7.74. The van der Waals surface area contributed by atoms with Gasteiger partial charge < -0.3 is 0 Å². The van der Waals surface area contributed by atoms with Crippen molar-refractivity contribution in [3.8, 4) is 11.1 Å². The molecule has 0 radical (unpaired) electrons. The van der Waals surface area contributed by atoms with Gasteiger partial charge in [0.25, 0.3) is 0 Å². The average molecular weight is 235 g/mol. The topological polar surface area (TPSA) is 30.0 Å². The molecule has 0 bridgehead atoms. The molecule has 82 valence electrons. The minimum Gasteiger partial charge on any atom is -0.298 e. The summed E-state index contributed by atoms with van der Waals surface area (Å²) < 4.78 is 17.5. The molecule has 0 N–H and O–H groups in total. The molecular formula is C12H10FNOS. The highest BCUT2D eigenvalue weighted by Crippen LogP contribution is 2.26. The lowest BCUT2D eigenvalue weighted by Gasteiger charge is -2.02. The zero-order chi connectivity index (χ0) is 11.5. The molecule has 1 aromatic carbocycles. The van der Waals surface area contributed by atoms with Gasteiger partial charge in [-0.2, -0.15) is 4.37 Å². The maximum atomic E-state index is 13.3. The predicted octanol–water partition coefficient (Wildman–Crippen LogP) is 3.32. The molecule has 0 saturated heterocycles. The molecule has 0 spiro atoms. The van der Waals surface area contributed by atoms with Crippen molar-refractivity contribution in [2.75, 3.05) is 0 Å². The van der Waals surface area contributed by atoms with E-state index in [2.05, 4.69) is 4.37 Å². The minimum atomic E-state index is -0.396. The SMILES string of the molecule is CCc1nscc1-c1cc(F)cc(C=O)c1. The zero-order valence-electron chi connectivity index (χ0n) is 8.74. The average Bonchev–Trinajstić information content (AvgIpc) is 2.76. The van der Waals surface area contributed by atoms with Gasteiger partial charge in [0, 0.05) is 16.5 Å². The van der Waals surface area contributed by atoms with E-state index in [1.54, 1.807) is 6.07 Å². The molecular weight excluding hydrogens is 225 g/mol. The van der Waals surface area contributed by atoms with Gasteiger partial charge in [-0.1, -0.05) is 6.92 Å². The Balaban J connectivity index is 2.55. The Morgan fingerprint density at radius 1 is 1.44 bits per heavy atom. The van der Waals surface area contributed by atoms with Crippen molar-refractivity contribution in [3.63, 3.8) is 0 Å². The Morgan fingerprint density at radius 2 is 2.25 bits per heavy atom. The van der Waals surface area contributed by atoms with E-state index in [0.29, 0.717) is 17.4 Å². The highest BCUT2D eigenvalue weighted by molar-refractivity contribution is 7.04. The van der Waals surface area contributed by atoms with Gasteiger partial charge in [-0.15, -0.1) is 0 Å². The van der Waals surface area contributed by atoms with Crippen molar-refractivity contribution in [3.05, 3.63) is 40.7 Å².